The van der Waals surface area contributed by atoms with E-state index in [1.807, 2.05) is 0 Å². The monoisotopic (exact) mass is 340 g/mol. The predicted octanol–water partition coefficient (Wildman–Crippen LogP) is 5.01. The lowest BCUT2D eigenvalue weighted by atomic mass is 10.1. The second-order valence-electron chi connectivity index (χ2n) is 4.34. The Morgan fingerprint density at radius 1 is 1.10 bits per heavy atom. The molecule has 0 atom stereocenters. The number of aromatic nitrogens is 2. The molecule has 2 aromatic heterocycles. The molecule has 0 bridgehead atoms. The van der Waals surface area contributed by atoms with Gasteiger partial charge >= 0.3 is 6.18 Å². The summed E-state index contributed by atoms with van der Waals surface area (Å²) in [6, 6.07) is 7.15. The van der Waals surface area contributed by atoms with E-state index in [0.29, 0.717) is 10.9 Å². The van der Waals surface area contributed by atoms with Gasteiger partial charge in [-0.15, -0.1) is 0 Å². The molecule has 0 unspecified atom stereocenters. The van der Waals surface area contributed by atoms with E-state index in [0.717, 1.165) is 27.9 Å². The van der Waals surface area contributed by atoms with Crippen LogP contribution in [0.2, 0.25) is 0 Å². The second-order valence-corrected chi connectivity index (χ2v) is 5.19. The van der Waals surface area contributed by atoms with E-state index >= 15 is 0 Å². The number of rotatable bonds is 1. The Hall–Kier alpha value is -1.82. The SMILES string of the molecule is FC(F)(F)c1ccc2[nH]c(-c3ccncc3Br)cc2c1. The van der Waals surface area contributed by atoms with Crippen molar-refractivity contribution >= 4 is 26.8 Å². The van der Waals surface area contributed by atoms with Gasteiger partial charge in [0, 0.05) is 39.0 Å². The van der Waals surface area contributed by atoms with Crippen LogP contribution in [0.3, 0.4) is 0 Å². The van der Waals surface area contributed by atoms with Crippen LogP contribution >= 0.6 is 15.9 Å². The van der Waals surface area contributed by atoms with Gasteiger partial charge in [0.15, 0.2) is 0 Å². The summed E-state index contributed by atoms with van der Waals surface area (Å²) < 4.78 is 38.8. The fourth-order valence-corrected chi connectivity index (χ4v) is 2.51. The summed E-state index contributed by atoms with van der Waals surface area (Å²) in [6.07, 6.45) is -1.06. The summed E-state index contributed by atoms with van der Waals surface area (Å²) in [5.41, 5.74) is 1.61. The highest BCUT2D eigenvalue weighted by molar-refractivity contribution is 9.10. The third-order valence-electron chi connectivity index (χ3n) is 3.01. The van der Waals surface area contributed by atoms with Gasteiger partial charge in [-0.25, -0.2) is 0 Å². The molecule has 0 aliphatic carbocycles. The first-order valence-electron chi connectivity index (χ1n) is 5.75. The van der Waals surface area contributed by atoms with Gasteiger partial charge in [0.1, 0.15) is 0 Å². The first-order chi connectivity index (χ1) is 9.45. The fourth-order valence-electron chi connectivity index (χ4n) is 2.05. The van der Waals surface area contributed by atoms with Crippen molar-refractivity contribution in [2.24, 2.45) is 0 Å². The average Bonchev–Trinajstić information content (AvgIpc) is 2.80. The standard InChI is InChI=1S/C14H8BrF3N2/c15-11-7-19-4-3-10(11)13-6-8-5-9(14(16,17)18)1-2-12(8)20-13/h1-7,20H. The van der Waals surface area contributed by atoms with Gasteiger partial charge in [-0.2, -0.15) is 13.2 Å². The summed E-state index contributed by atoms with van der Waals surface area (Å²) >= 11 is 3.37. The molecule has 2 heterocycles. The lowest BCUT2D eigenvalue weighted by Crippen LogP contribution is -2.03. The molecule has 1 aromatic carbocycles. The maximum atomic E-state index is 12.7. The lowest BCUT2D eigenvalue weighted by Gasteiger charge is -2.05. The zero-order valence-corrected chi connectivity index (χ0v) is 11.6. The van der Waals surface area contributed by atoms with E-state index < -0.39 is 11.7 Å². The Labute approximate surface area is 120 Å². The number of alkyl halides is 3. The molecule has 0 radical (unpaired) electrons. The molecule has 6 heteroatoms. The van der Waals surface area contributed by atoms with Crippen LogP contribution in [0.5, 0.6) is 0 Å². The number of H-pyrrole nitrogens is 1. The van der Waals surface area contributed by atoms with Crippen molar-refractivity contribution in [3.05, 3.63) is 52.8 Å². The average molecular weight is 341 g/mol. The highest BCUT2D eigenvalue weighted by atomic mass is 79.9. The first-order valence-corrected chi connectivity index (χ1v) is 6.54. The van der Waals surface area contributed by atoms with E-state index in [4.69, 9.17) is 0 Å². The van der Waals surface area contributed by atoms with Crippen LogP contribution < -0.4 is 0 Å². The van der Waals surface area contributed by atoms with Gasteiger partial charge in [-0.3, -0.25) is 4.98 Å². The molecule has 0 fully saturated rings. The molecule has 2 nitrogen and oxygen atoms in total. The molecule has 0 saturated carbocycles. The molecular weight excluding hydrogens is 333 g/mol. The van der Waals surface area contributed by atoms with E-state index in [1.165, 1.54) is 6.07 Å². The Morgan fingerprint density at radius 3 is 2.60 bits per heavy atom. The van der Waals surface area contributed by atoms with Gasteiger partial charge in [0.2, 0.25) is 0 Å². The normalized spacial score (nSPS) is 12.0. The van der Waals surface area contributed by atoms with Crippen molar-refractivity contribution in [3.8, 4) is 11.3 Å². The van der Waals surface area contributed by atoms with Crippen LogP contribution in [0.4, 0.5) is 13.2 Å². The molecule has 3 rings (SSSR count). The van der Waals surface area contributed by atoms with E-state index in [9.17, 15) is 13.2 Å². The summed E-state index contributed by atoms with van der Waals surface area (Å²) in [5, 5.41) is 0.526. The quantitative estimate of drug-likeness (QED) is 0.662. The van der Waals surface area contributed by atoms with Crippen molar-refractivity contribution in [3.63, 3.8) is 0 Å². The van der Waals surface area contributed by atoms with Crippen molar-refractivity contribution in [2.75, 3.05) is 0 Å². The van der Waals surface area contributed by atoms with Crippen molar-refractivity contribution in [1.29, 1.82) is 0 Å². The number of pyridine rings is 1. The molecule has 0 aliphatic heterocycles. The van der Waals surface area contributed by atoms with Crippen molar-refractivity contribution in [2.45, 2.75) is 6.18 Å². The van der Waals surface area contributed by atoms with Gasteiger partial charge < -0.3 is 4.98 Å². The number of nitrogens with one attached hydrogen (secondary N) is 1. The Balaban J connectivity index is 2.14. The minimum atomic E-state index is -4.33. The Kier molecular flexibility index (Phi) is 3.05. The zero-order valence-electron chi connectivity index (χ0n) is 10.0. The van der Waals surface area contributed by atoms with Crippen LogP contribution in [0, 0.1) is 0 Å². The molecule has 0 spiro atoms. The van der Waals surface area contributed by atoms with Crippen LogP contribution in [0.1, 0.15) is 5.56 Å². The zero-order chi connectivity index (χ0) is 14.3. The number of benzene rings is 1. The van der Waals surface area contributed by atoms with Crippen molar-refractivity contribution in [1.82, 2.24) is 9.97 Å². The summed E-state index contributed by atoms with van der Waals surface area (Å²) in [5.74, 6) is 0. The molecule has 1 N–H and O–H groups in total. The van der Waals surface area contributed by atoms with Crippen LogP contribution in [-0.2, 0) is 6.18 Å². The largest absolute Gasteiger partial charge is 0.416 e. The number of hydrogen-bond acceptors (Lipinski definition) is 1. The first kappa shape index (κ1) is 13.2. The third-order valence-corrected chi connectivity index (χ3v) is 3.64. The Bertz CT molecular complexity index is 777. The molecule has 0 saturated heterocycles. The smallest absolute Gasteiger partial charge is 0.354 e. The molecular formula is C14H8BrF3N2. The van der Waals surface area contributed by atoms with Crippen LogP contribution in [-0.4, -0.2) is 9.97 Å². The van der Waals surface area contributed by atoms with E-state index in [-0.39, 0.29) is 0 Å². The topological polar surface area (TPSA) is 28.7 Å². The summed E-state index contributed by atoms with van der Waals surface area (Å²) in [4.78, 5) is 7.07. The summed E-state index contributed by atoms with van der Waals surface area (Å²) in [6.45, 7) is 0. The molecule has 0 amide bonds. The summed E-state index contributed by atoms with van der Waals surface area (Å²) in [7, 11) is 0. The number of hydrogen-bond donors (Lipinski definition) is 1. The third kappa shape index (κ3) is 2.31. The van der Waals surface area contributed by atoms with Crippen LogP contribution in [0.15, 0.2) is 47.2 Å². The number of fused-ring (bicyclic) bond motifs is 1. The van der Waals surface area contributed by atoms with E-state index in [2.05, 4.69) is 25.9 Å². The molecule has 102 valence electrons. The van der Waals surface area contributed by atoms with Crippen LogP contribution in [0.25, 0.3) is 22.2 Å². The van der Waals surface area contributed by atoms with Gasteiger partial charge in [-0.05, 0) is 46.3 Å². The second kappa shape index (κ2) is 4.63. The lowest BCUT2D eigenvalue weighted by molar-refractivity contribution is -0.137. The Morgan fingerprint density at radius 2 is 1.90 bits per heavy atom. The minimum absolute atomic E-state index is 0.526. The van der Waals surface area contributed by atoms with Gasteiger partial charge in [-0.1, -0.05) is 0 Å². The molecule has 3 aromatic rings. The van der Waals surface area contributed by atoms with Crippen molar-refractivity contribution < 1.29 is 13.2 Å². The predicted molar refractivity (Wildman–Crippen MR) is 74.2 cm³/mol. The van der Waals surface area contributed by atoms with Gasteiger partial charge in [0.25, 0.3) is 0 Å². The fraction of sp³-hybridized carbons (Fsp3) is 0.0714. The number of aromatic amines is 1. The van der Waals surface area contributed by atoms with Gasteiger partial charge in [0.05, 0.1) is 5.56 Å². The van der Waals surface area contributed by atoms with E-state index in [1.54, 1.807) is 24.5 Å². The number of halogens is 4. The minimum Gasteiger partial charge on any atom is -0.354 e. The number of nitrogens with zero attached hydrogens (tertiary/aromatic N) is 1. The maximum absolute atomic E-state index is 12.7. The highest BCUT2D eigenvalue weighted by Gasteiger charge is 2.30. The highest BCUT2D eigenvalue weighted by Crippen LogP contribution is 2.34. The maximum Gasteiger partial charge on any atom is 0.416 e. The molecule has 20 heavy (non-hydrogen) atoms. The molecule has 0 aliphatic rings.